The Morgan fingerprint density at radius 1 is 1.00 bits per heavy atom. The molecule has 4 bridgehead atoms. The molecule has 4 aliphatic carbocycles. The molecule has 1 heterocycles. The van der Waals surface area contributed by atoms with Crippen molar-refractivity contribution < 1.29 is 0 Å². The van der Waals surface area contributed by atoms with Crippen LogP contribution in [0.4, 0.5) is 0 Å². The van der Waals surface area contributed by atoms with Gasteiger partial charge < -0.3 is 5.32 Å². The summed E-state index contributed by atoms with van der Waals surface area (Å²) in [4.78, 5) is 4.42. The molecular weight excluding hydrogens is 220 g/mol. The summed E-state index contributed by atoms with van der Waals surface area (Å²) in [6, 6.07) is 6.98. The Hall–Kier alpha value is -0.890. The van der Waals surface area contributed by atoms with Crippen LogP contribution in [-0.2, 0) is 6.54 Å². The summed E-state index contributed by atoms with van der Waals surface area (Å²) in [6.45, 7) is 0.952. The fraction of sp³-hybridized carbons (Fsp3) is 0.688. The van der Waals surface area contributed by atoms with Crippen molar-refractivity contribution in [1.29, 1.82) is 0 Å². The summed E-state index contributed by atoms with van der Waals surface area (Å²) in [5.74, 6) is 4.07. The molecule has 0 aromatic carbocycles. The minimum Gasteiger partial charge on any atom is -0.308 e. The van der Waals surface area contributed by atoms with E-state index in [0.717, 1.165) is 36.3 Å². The molecule has 4 saturated carbocycles. The molecule has 5 rings (SSSR count). The average Bonchev–Trinajstić information content (AvgIpc) is 2.38. The second-order valence-corrected chi connectivity index (χ2v) is 6.66. The maximum absolute atomic E-state index is 4.42. The Bertz CT molecular complexity index is 386. The van der Waals surface area contributed by atoms with Gasteiger partial charge in [0.15, 0.2) is 0 Å². The van der Waals surface area contributed by atoms with E-state index in [1.165, 1.54) is 31.4 Å². The van der Waals surface area contributed by atoms with Crippen LogP contribution in [0.2, 0.25) is 0 Å². The van der Waals surface area contributed by atoms with Crippen molar-refractivity contribution in [2.45, 2.75) is 44.7 Å². The summed E-state index contributed by atoms with van der Waals surface area (Å²) in [6.07, 6.45) is 9.41. The first-order valence-electron chi connectivity index (χ1n) is 7.52. The van der Waals surface area contributed by atoms with Crippen LogP contribution in [-0.4, -0.2) is 11.0 Å². The zero-order chi connectivity index (χ0) is 11.9. The monoisotopic (exact) mass is 242 g/mol. The summed E-state index contributed by atoms with van der Waals surface area (Å²) in [5.41, 5.74) is 1.19. The quantitative estimate of drug-likeness (QED) is 0.881. The van der Waals surface area contributed by atoms with Gasteiger partial charge in [0.1, 0.15) is 0 Å². The summed E-state index contributed by atoms with van der Waals surface area (Å²) in [5, 5.41) is 3.82. The third-order valence-corrected chi connectivity index (χ3v) is 5.47. The number of pyridine rings is 1. The van der Waals surface area contributed by atoms with Crippen LogP contribution in [0.1, 0.15) is 37.8 Å². The van der Waals surface area contributed by atoms with Crippen LogP contribution >= 0.6 is 0 Å². The largest absolute Gasteiger partial charge is 0.308 e. The highest BCUT2D eigenvalue weighted by Crippen LogP contribution is 2.53. The van der Waals surface area contributed by atoms with Gasteiger partial charge in [0.25, 0.3) is 0 Å². The second kappa shape index (κ2) is 4.34. The number of hydrogen-bond donors (Lipinski definition) is 1. The zero-order valence-electron chi connectivity index (χ0n) is 10.9. The van der Waals surface area contributed by atoms with Gasteiger partial charge in [-0.1, -0.05) is 6.07 Å². The van der Waals surface area contributed by atoms with E-state index in [1.54, 1.807) is 6.42 Å². The molecule has 0 unspecified atom stereocenters. The predicted molar refractivity (Wildman–Crippen MR) is 71.9 cm³/mol. The van der Waals surface area contributed by atoms with Crippen molar-refractivity contribution in [1.82, 2.24) is 10.3 Å². The van der Waals surface area contributed by atoms with E-state index < -0.39 is 0 Å². The average molecular weight is 242 g/mol. The normalized spacial score (nSPS) is 41.2. The van der Waals surface area contributed by atoms with Gasteiger partial charge in [-0.05, 0) is 67.9 Å². The predicted octanol–water partition coefficient (Wildman–Crippen LogP) is 3.00. The Morgan fingerprint density at radius 2 is 1.72 bits per heavy atom. The molecule has 1 aromatic rings. The molecule has 1 aromatic heterocycles. The smallest absolute Gasteiger partial charge is 0.0541 e. The Kier molecular flexibility index (Phi) is 2.65. The van der Waals surface area contributed by atoms with Gasteiger partial charge in [-0.2, -0.15) is 0 Å². The van der Waals surface area contributed by atoms with Gasteiger partial charge >= 0.3 is 0 Å². The molecule has 2 nitrogen and oxygen atoms in total. The molecule has 0 amide bonds. The molecule has 4 fully saturated rings. The van der Waals surface area contributed by atoms with E-state index in [0.29, 0.717) is 0 Å². The first-order valence-corrected chi connectivity index (χ1v) is 7.52. The number of aromatic nitrogens is 1. The highest BCUT2D eigenvalue weighted by atomic mass is 15.0. The first kappa shape index (κ1) is 11.0. The molecule has 0 aliphatic heterocycles. The minimum absolute atomic E-state index is 0.778. The van der Waals surface area contributed by atoms with E-state index in [9.17, 15) is 0 Å². The van der Waals surface area contributed by atoms with E-state index in [1.807, 2.05) is 12.3 Å². The van der Waals surface area contributed by atoms with Crippen LogP contribution in [0.3, 0.4) is 0 Å². The van der Waals surface area contributed by atoms with Crippen LogP contribution in [0, 0.1) is 23.7 Å². The van der Waals surface area contributed by atoms with Gasteiger partial charge in [0.2, 0.25) is 0 Å². The summed E-state index contributed by atoms with van der Waals surface area (Å²) in [7, 11) is 0. The minimum atomic E-state index is 0.778. The lowest BCUT2D eigenvalue weighted by Crippen LogP contribution is -2.54. The number of nitrogens with one attached hydrogen (secondary N) is 1. The van der Waals surface area contributed by atoms with Crippen molar-refractivity contribution in [2.24, 2.45) is 23.7 Å². The number of nitrogens with zero attached hydrogens (tertiary/aromatic N) is 1. The Balaban J connectivity index is 1.43. The van der Waals surface area contributed by atoms with Crippen LogP contribution in [0.15, 0.2) is 24.4 Å². The molecule has 0 saturated heterocycles. The SMILES string of the molecule is c1ccc(CNC2C3CC4CC(C3)CC2C4)nc1. The molecule has 0 spiro atoms. The molecule has 0 atom stereocenters. The van der Waals surface area contributed by atoms with E-state index in [4.69, 9.17) is 0 Å². The van der Waals surface area contributed by atoms with Crippen molar-refractivity contribution >= 4 is 0 Å². The first-order chi connectivity index (χ1) is 8.88. The third-order valence-electron chi connectivity index (χ3n) is 5.47. The standard InChI is InChI=1S/C16H22N2/c1-2-4-17-15(3-1)10-18-16-13-6-11-5-12(8-13)9-14(16)7-11/h1-4,11-14,16,18H,5-10H2. The Labute approximate surface area is 109 Å². The van der Waals surface area contributed by atoms with Crippen LogP contribution in [0.5, 0.6) is 0 Å². The molecule has 2 heteroatoms. The molecular formula is C16H22N2. The van der Waals surface area contributed by atoms with Crippen molar-refractivity contribution in [3.63, 3.8) is 0 Å². The lowest BCUT2D eigenvalue weighted by atomic mass is 9.54. The maximum Gasteiger partial charge on any atom is 0.0541 e. The van der Waals surface area contributed by atoms with E-state index in [-0.39, 0.29) is 0 Å². The van der Waals surface area contributed by atoms with Gasteiger partial charge in [-0.25, -0.2) is 0 Å². The number of hydrogen-bond acceptors (Lipinski definition) is 2. The van der Waals surface area contributed by atoms with Crippen molar-refractivity contribution in [2.75, 3.05) is 0 Å². The lowest BCUT2D eigenvalue weighted by molar-refractivity contribution is -0.0143. The maximum atomic E-state index is 4.42. The van der Waals surface area contributed by atoms with Gasteiger partial charge in [0, 0.05) is 18.8 Å². The zero-order valence-corrected chi connectivity index (χ0v) is 10.9. The Morgan fingerprint density at radius 3 is 2.33 bits per heavy atom. The van der Waals surface area contributed by atoms with Gasteiger partial charge in [-0.15, -0.1) is 0 Å². The molecule has 96 valence electrons. The second-order valence-electron chi connectivity index (χ2n) is 6.66. The molecule has 1 N–H and O–H groups in total. The topological polar surface area (TPSA) is 24.9 Å². The lowest BCUT2D eigenvalue weighted by Gasteiger charge is -2.54. The van der Waals surface area contributed by atoms with E-state index in [2.05, 4.69) is 22.4 Å². The van der Waals surface area contributed by atoms with Crippen LogP contribution in [0.25, 0.3) is 0 Å². The van der Waals surface area contributed by atoms with Crippen molar-refractivity contribution in [3.8, 4) is 0 Å². The number of rotatable bonds is 3. The highest BCUT2D eigenvalue weighted by Gasteiger charge is 2.47. The van der Waals surface area contributed by atoms with E-state index >= 15 is 0 Å². The fourth-order valence-corrected chi connectivity index (χ4v) is 4.98. The molecule has 18 heavy (non-hydrogen) atoms. The third kappa shape index (κ3) is 1.87. The van der Waals surface area contributed by atoms with Crippen molar-refractivity contribution in [3.05, 3.63) is 30.1 Å². The molecule has 0 radical (unpaired) electrons. The summed E-state index contributed by atoms with van der Waals surface area (Å²) >= 11 is 0. The summed E-state index contributed by atoms with van der Waals surface area (Å²) < 4.78 is 0. The van der Waals surface area contributed by atoms with Gasteiger partial charge in [-0.3, -0.25) is 4.98 Å². The highest BCUT2D eigenvalue weighted by molar-refractivity contribution is 5.05. The molecule has 4 aliphatic rings. The fourth-order valence-electron chi connectivity index (χ4n) is 4.98. The van der Waals surface area contributed by atoms with Gasteiger partial charge in [0.05, 0.1) is 5.69 Å². The van der Waals surface area contributed by atoms with Crippen LogP contribution < -0.4 is 5.32 Å².